The van der Waals surface area contributed by atoms with Gasteiger partial charge in [0.2, 0.25) is 5.96 Å². The number of rotatable bonds is 3. The van der Waals surface area contributed by atoms with Crippen LogP contribution in [0.2, 0.25) is 0 Å². The molecule has 4 bridgehead atoms. The number of hydrogen-bond donors (Lipinski definition) is 2. The number of nitrogens with two attached hydrogens (primary N) is 1. The van der Waals surface area contributed by atoms with Gasteiger partial charge in [0.15, 0.2) is 0 Å². The fourth-order valence-electron chi connectivity index (χ4n) is 6.78. The topological polar surface area (TPSA) is 56.9 Å². The average molecular weight is 329 g/mol. The molecule has 1 saturated heterocycles. The van der Waals surface area contributed by atoms with Crippen molar-refractivity contribution in [1.29, 1.82) is 0 Å². The lowest BCUT2D eigenvalue weighted by molar-refractivity contribution is -0.0610. The smallest absolute Gasteiger partial charge is 0.213 e. The molecule has 24 heavy (non-hydrogen) atoms. The zero-order valence-electron chi connectivity index (χ0n) is 14.8. The second-order valence-electron chi connectivity index (χ2n) is 8.78. The summed E-state index contributed by atoms with van der Waals surface area (Å²) in [4.78, 5) is 7.16. The summed E-state index contributed by atoms with van der Waals surface area (Å²) < 4.78 is 0. The predicted molar refractivity (Wildman–Crippen MR) is 95.7 cm³/mol. The van der Waals surface area contributed by atoms with E-state index in [1.54, 1.807) is 0 Å². The average Bonchev–Trinajstić information content (AvgIpc) is 3.08. The number of guanidine groups is 1. The van der Waals surface area contributed by atoms with Crippen LogP contribution in [0.25, 0.3) is 0 Å². The van der Waals surface area contributed by atoms with Crippen LogP contribution in [0.1, 0.15) is 44.9 Å². The molecule has 5 heteroatoms. The van der Waals surface area contributed by atoms with Crippen molar-refractivity contribution < 1.29 is 0 Å². The van der Waals surface area contributed by atoms with E-state index in [0.717, 1.165) is 48.5 Å². The number of nitrogens with one attached hydrogen (secondary N) is 1. The highest BCUT2D eigenvalue weighted by atomic mass is 15.6. The first-order valence-electron chi connectivity index (χ1n) is 10.0. The fraction of sp³-hybridized carbons (Fsp3) is 0.842. The molecule has 1 atom stereocenters. The Hall–Kier alpha value is -1.23. The van der Waals surface area contributed by atoms with E-state index >= 15 is 0 Å². The largest absolute Gasteiger partial charge is 0.368 e. The number of hydrazine groups is 1. The van der Waals surface area contributed by atoms with E-state index in [4.69, 9.17) is 10.7 Å². The second-order valence-corrected chi connectivity index (χ2v) is 8.78. The van der Waals surface area contributed by atoms with Gasteiger partial charge < -0.3 is 10.6 Å². The van der Waals surface area contributed by atoms with Crippen LogP contribution in [0, 0.1) is 29.6 Å². The highest BCUT2D eigenvalue weighted by Crippen LogP contribution is 2.58. The minimum Gasteiger partial charge on any atom is -0.368 e. The van der Waals surface area contributed by atoms with E-state index < -0.39 is 0 Å². The van der Waals surface area contributed by atoms with Crippen molar-refractivity contribution in [1.82, 2.24) is 15.3 Å². The standard InChI is InChI=1S/C19H31N5/c1-21-24-16(11-17(22-19(24)20)23-4-2-3-5-23)18-14-7-12-6-13(9-14)10-15(18)8-12/h11-16,18,21H,2-10H2,1H3,(H2,20,22). The van der Waals surface area contributed by atoms with Crippen molar-refractivity contribution in [3.05, 3.63) is 11.9 Å². The quantitative estimate of drug-likeness (QED) is 0.833. The van der Waals surface area contributed by atoms with Crippen LogP contribution in [0.3, 0.4) is 0 Å². The summed E-state index contributed by atoms with van der Waals surface area (Å²) in [6, 6.07) is 0.373. The number of aliphatic imine (C=N–C) groups is 1. The maximum atomic E-state index is 6.38. The number of hydrogen-bond acceptors (Lipinski definition) is 5. The first-order chi connectivity index (χ1) is 11.7. The fourth-order valence-corrected chi connectivity index (χ4v) is 6.78. The van der Waals surface area contributed by atoms with Gasteiger partial charge in [0, 0.05) is 20.1 Å². The second kappa shape index (κ2) is 5.65. The third-order valence-corrected chi connectivity index (χ3v) is 7.46. The molecule has 2 aliphatic heterocycles. The highest BCUT2D eigenvalue weighted by molar-refractivity contribution is 5.80. The Labute approximate surface area is 145 Å². The van der Waals surface area contributed by atoms with Crippen LogP contribution in [0.4, 0.5) is 0 Å². The van der Waals surface area contributed by atoms with Crippen molar-refractivity contribution in [3.8, 4) is 0 Å². The van der Waals surface area contributed by atoms with Gasteiger partial charge in [0.1, 0.15) is 5.82 Å². The highest BCUT2D eigenvalue weighted by Gasteiger charge is 2.52. The van der Waals surface area contributed by atoms with Crippen molar-refractivity contribution in [2.75, 3.05) is 20.1 Å². The Bertz CT molecular complexity index is 534. The Kier molecular flexibility index (Phi) is 3.55. The van der Waals surface area contributed by atoms with Gasteiger partial charge in [-0.2, -0.15) is 4.99 Å². The molecular weight excluding hydrogens is 298 g/mol. The van der Waals surface area contributed by atoms with E-state index in [-0.39, 0.29) is 0 Å². The minimum absolute atomic E-state index is 0.373. The van der Waals surface area contributed by atoms with Gasteiger partial charge in [0.05, 0.1) is 6.04 Å². The van der Waals surface area contributed by atoms with Crippen LogP contribution in [-0.4, -0.2) is 42.0 Å². The lowest BCUT2D eigenvalue weighted by Crippen LogP contribution is -2.60. The SMILES string of the molecule is CNN1C(N)=NC(N2CCCC2)=CC1C1C2CC3CC(C2)CC1C3. The van der Waals surface area contributed by atoms with Crippen LogP contribution >= 0.6 is 0 Å². The van der Waals surface area contributed by atoms with Crippen molar-refractivity contribution in [2.24, 2.45) is 40.3 Å². The first kappa shape index (κ1) is 15.1. The molecule has 0 radical (unpaired) electrons. The molecular formula is C19H31N5. The van der Waals surface area contributed by atoms with E-state index in [2.05, 4.69) is 21.4 Å². The van der Waals surface area contributed by atoms with Crippen LogP contribution in [-0.2, 0) is 0 Å². The summed E-state index contributed by atoms with van der Waals surface area (Å²) >= 11 is 0. The van der Waals surface area contributed by atoms with Gasteiger partial charge >= 0.3 is 0 Å². The molecule has 0 spiro atoms. The normalized spacial score (nSPS) is 44.0. The molecule has 0 aromatic rings. The maximum Gasteiger partial charge on any atom is 0.213 e. The molecule has 6 rings (SSSR count). The lowest BCUT2D eigenvalue weighted by Gasteiger charge is -2.57. The van der Waals surface area contributed by atoms with Gasteiger partial charge in [-0.05, 0) is 80.6 Å². The Balaban J connectivity index is 1.47. The lowest BCUT2D eigenvalue weighted by atomic mass is 9.50. The third-order valence-electron chi connectivity index (χ3n) is 7.46. The van der Waals surface area contributed by atoms with Gasteiger partial charge in [-0.3, -0.25) is 5.01 Å². The molecule has 4 saturated carbocycles. The van der Waals surface area contributed by atoms with Gasteiger partial charge in [-0.15, -0.1) is 0 Å². The predicted octanol–water partition coefficient (Wildman–Crippen LogP) is 2.13. The van der Waals surface area contributed by atoms with Gasteiger partial charge in [-0.25, -0.2) is 5.43 Å². The Morgan fingerprint density at radius 3 is 2.25 bits per heavy atom. The van der Waals surface area contributed by atoms with Crippen LogP contribution in [0.15, 0.2) is 16.9 Å². The van der Waals surface area contributed by atoms with E-state index in [0.29, 0.717) is 12.0 Å². The molecule has 0 aromatic carbocycles. The summed E-state index contributed by atoms with van der Waals surface area (Å²) in [6.07, 6.45) is 12.3. The van der Waals surface area contributed by atoms with E-state index in [9.17, 15) is 0 Å². The maximum absolute atomic E-state index is 6.38. The summed E-state index contributed by atoms with van der Waals surface area (Å²) in [7, 11) is 1.99. The molecule has 0 amide bonds. The summed E-state index contributed by atoms with van der Waals surface area (Å²) in [6.45, 7) is 2.27. The van der Waals surface area contributed by atoms with Crippen molar-refractivity contribution >= 4 is 5.96 Å². The molecule has 132 valence electrons. The number of likely N-dealkylation sites (tertiary alicyclic amines) is 1. The number of nitrogens with zero attached hydrogens (tertiary/aromatic N) is 3. The molecule has 5 nitrogen and oxygen atoms in total. The van der Waals surface area contributed by atoms with Crippen LogP contribution in [0.5, 0.6) is 0 Å². The summed E-state index contributed by atoms with van der Waals surface area (Å²) in [5.74, 6) is 6.35. The first-order valence-corrected chi connectivity index (χ1v) is 10.0. The van der Waals surface area contributed by atoms with Gasteiger partial charge in [-0.1, -0.05) is 0 Å². The molecule has 1 unspecified atom stereocenters. The molecule has 5 fully saturated rings. The summed E-state index contributed by atoms with van der Waals surface area (Å²) in [5, 5.41) is 2.15. The monoisotopic (exact) mass is 329 g/mol. The molecule has 4 aliphatic carbocycles. The molecule has 6 aliphatic rings. The molecule has 0 aromatic heterocycles. The Morgan fingerprint density at radius 2 is 1.67 bits per heavy atom. The molecule has 2 heterocycles. The minimum atomic E-state index is 0.373. The zero-order chi connectivity index (χ0) is 16.3. The third kappa shape index (κ3) is 2.27. The zero-order valence-corrected chi connectivity index (χ0v) is 14.8. The summed E-state index contributed by atoms with van der Waals surface area (Å²) in [5.41, 5.74) is 9.72. The van der Waals surface area contributed by atoms with Gasteiger partial charge in [0.25, 0.3) is 0 Å². The van der Waals surface area contributed by atoms with E-state index in [1.165, 1.54) is 44.9 Å². The van der Waals surface area contributed by atoms with E-state index in [1.807, 2.05) is 7.05 Å². The van der Waals surface area contributed by atoms with Crippen molar-refractivity contribution in [3.63, 3.8) is 0 Å². The van der Waals surface area contributed by atoms with Crippen molar-refractivity contribution in [2.45, 2.75) is 51.0 Å². The Morgan fingerprint density at radius 1 is 1.04 bits per heavy atom. The molecule has 3 N–H and O–H groups in total. The van der Waals surface area contributed by atoms with Crippen LogP contribution < -0.4 is 11.2 Å².